The molecule has 0 heterocycles. The lowest BCUT2D eigenvalue weighted by molar-refractivity contribution is 0.350. The normalized spacial score (nSPS) is 19.2. The summed E-state index contributed by atoms with van der Waals surface area (Å²) in [5, 5.41) is 8.70. The van der Waals surface area contributed by atoms with Gasteiger partial charge in [-0.2, -0.15) is 0 Å². The number of rotatable bonds is 2. The third kappa shape index (κ3) is 3.91. The summed E-state index contributed by atoms with van der Waals surface area (Å²) in [6.07, 6.45) is 10.1. The molecule has 0 fully saturated rings. The molecule has 0 spiro atoms. The molecule has 2 rings (SSSR count). The lowest BCUT2D eigenvalue weighted by Gasteiger charge is -2.15. The summed E-state index contributed by atoms with van der Waals surface area (Å²) in [5.41, 5.74) is 2.40. The third-order valence-corrected chi connectivity index (χ3v) is 3.06. The van der Waals surface area contributed by atoms with Crippen LogP contribution in [0.25, 0.3) is 6.08 Å². The van der Waals surface area contributed by atoms with E-state index < -0.39 is 0 Å². The predicted octanol–water partition coefficient (Wildman–Crippen LogP) is 3.42. The van der Waals surface area contributed by atoms with Gasteiger partial charge in [0.05, 0.1) is 0 Å². The quantitative estimate of drug-likeness (QED) is 0.783. The minimum atomic E-state index is -0.0537. The molecule has 0 aromatic heterocycles. The number of aliphatic hydroxyl groups excluding tert-OH is 1. The van der Waals surface area contributed by atoms with Crippen molar-refractivity contribution >= 4 is 6.08 Å². The zero-order valence-corrected chi connectivity index (χ0v) is 10.5. The molecule has 1 unspecified atom stereocenters. The van der Waals surface area contributed by atoms with Crippen LogP contribution in [0.15, 0.2) is 48.1 Å². The molecule has 0 radical (unpaired) electrons. The maximum Gasteiger partial charge on any atom is 0.104 e. The Morgan fingerprint density at radius 1 is 1.28 bits per heavy atom. The molecular formula is C17H18O. The summed E-state index contributed by atoms with van der Waals surface area (Å²) in [6, 6.07) is 10.3. The van der Waals surface area contributed by atoms with E-state index in [0.717, 1.165) is 12.0 Å². The van der Waals surface area contributed by atoms with E-state index in [4.69, 9.17) is 5.11 Å². The van der Waals surface area contributed by atoms with E-state index >= 15 is 0 Å². The van der Waals surface area contributed by atoms with Gasteiger partial charge in [0.1, 0.15) is 6.61 Å². The van der Waals surface area contributed by atoms with Crippen molar-refractivity contribution in [2.45, 2.75) is 19.3 Å². The standard InChI is InChI=1S/C17H18O/c18-13-5-10-16-8-4-9-17(14-16)12-11-15-6-2-1-3-7-15/h1-3,6-7,11-12,14,17-18H,4,8-9,13H2/b12-11-. The molecule has 0 aliphatic heterocycles. The molecule has 1 atom stereocenters. The van der Waals surface area contributed by atoms with Gasteiger partial charge in [0.25, 0.3) is 0 Å². The van der Waals surface area contributed by atoms with Crippen molar-refractivity contribution in [3.63, 3.8) is 0 Å². The van der Waals surface area contributed by atoms with E-state index in [1.165, 1.54) is 18.4 Å². The molecule has 1 aromatic carbocycles. The Morgan fingerprint density at radius 3 is 2.89 bits per heavy atom. The summed E-state index contributed by atoms with van der Waals surface area (Å²) >= 11 is 0. The highest BCUT2D eigenvalue weighted by Gasteiger charge is 2.09. The summed E-state index contributed by atoms with van der Waals surface area (Å²) < 4.78 is 0. The molecule has 0 amide bonds. The van der Waals surface area contributed by atoms with Crippen LogP contribution in [0.5, 0.6) is 0 Å². The molecule has 1 aliphatic rings. The Labute approximate surface area is 109 Å². The molecule has 1 aliphatic carbocycles. The van der Waals surface area contributed by atoms with Crippen LogP contribution in [0.1, 0.15) is 24.8 Å². The minimum Gasteiger partial charge on any atom is -0.384 e. The highest BCUT2D eigenvalue weighted by Crippen LogP contribution is 2.24. The van der Waals surface area contributed by atoms with Gasteiger partial charge < -0.3 is 5.11 Å². The predicted molar refractivity (Wildman–Crippen MR) is 75.8 cm³/mol. The smallest absolute Gasteiger partial charge is 0.104 e. The molecule has 92 valence electrons. The number of hydrogen-bond acceptors (Lipinski definition) is 1. The van der Waals surface area contributed by atoms with Crippen molar-refractivity contribution in [1.82, 2.24) is 0 Å². The van der Waals surface area contributed by atoms with E-state index in [0.29, 0.717) is 5.92 Å². The monoisotopic (exact) mass is 238 g/mol. The van der Waals surface area contributed by atoms with Gasteiger partial charge in [0.2, 0.25) is 0 Å². The zero-order valence-electron chi connectivity index (χ0n) is 10.5. The molecule has 0 saturated heterocycles. The van der Waals surface area contributed by atoms with E-state index in [-0.39, 0.29) is 6.61 Å². The first-order valence-electron chi connectivity index (χ1n) is 6.42. The molecular weight excluding hydrogens is 220 g/mol. The van der Waals surface area contributed by atoms with Gasteiger partial charge in [0.15, 0.2) is 0 Å². The number of hydrogen-bond donors (Lipinski definition) is 1. The third-order valence-electron chi connectivity index (χ3n) is 3.06. The second-order valence-corrected chi connectivity index (χ2v) is 4.48. The van der Waals surface area contributed by atoms with Crippen LogP contribution in [-0.4, -0.2) is 11.7 Å². The second-order valence-electron chi connectivity index (χ2n) is 4.48. The Hall–Kier alpha value is -1.78. The van der Waals surface area contributed by atoms with Crippen molar-refractivity contribution in [2.24, 2.45) is 5.92 Å². The SMILES string of the molecule is OCC#CC1=CC(/C=C\c2ccccc2)CCC1. The fourth-order valence-electron chi connectivity index (χ4n) is 2.16. The van der Waals surface area contributed by atoms with Gasteiger partial charge in [-0.15, -0.1) is 0 Å². The fourth-order valence-corrected chi connectivity index (χ4v) is 2.16. The van der Waals surface area contributed by atoms with Gasteiger partial charge in [-0.1, -0.05) is 60.4 Å². The van der Waals surface area contributed by atoms with Crippen LogP contribution >= 0.6 is 0 Å². The molecule has 1 heteroatoms. The Bertz CT molecular complexity index is 485. The Balaban J connectivity index is 2.03. The number of aliphatic hydroxyl groups is 1. The maximum absolute atomic E-state index is 8.70. The minimum absolute atomic E-state index is 0.0537. The van der Waals surface area contributed by atoms with Gasteiger partial charge in [-0.3, -0.25) is 0 Å². The average molecular weight is 238 g/mol. The summed E-state index contributed by atoms with van der Waals surface area (Å²) in [6.45, 7) is -0.0537. The van der Waals surface area contributed by atoms with Gasteiger partial charge >= 0.3 is 0 Å². The first kappa shape index (κ1) is 12.7. The zero-order chi connectivity index (χ0) is 12.6. The van der Waals surface area contributed by atoms with E-state index in [9.17, 15) is 0 Å². The largest absolute Gasteiger partial charge is 0.384 e. The highest BCUT2D eigenvalue weighted by atomic mass is 16.2. The number of benzene rings is 1. The topological polar surface area (TPSA) is 20.2 Å². The van der Waals surface area contributed by atoms with Crippen molar-refractivity contribution < 1.29 is 5.11 Å². The van der Waals surface area contributed by atoms with Crippen LogP contribution in [-0.2, 0) is 0 Å². The molecule has 0 saturated carbocycles. The summed E-state index contributed by atoms with van der Waals surface area (Å²) in [4.78, 5) is 0. The van der Waals surface area contributed by atoms with Crippen molar-refractivity contribution in [2.75, 3.05) is 6.61 Å². The van der Waals surface area contributed by atoms with Crippen molar-refractivity contribution in [3.8, 4) is 11.8 Å². The number of allylic oxidation sites excluding steroid dienone is 3. The van der Waals surface area contributed by atoms with E-state index in [1.54, 1.807) is 0 Å². The lowest BCUT2D eigenvalue weighted by atomic mass is 9.90. The Kier molecular flexibility index (Phi) is 4.81. The van der Waals surface area contributed by atoms with Gasteiger partial charge in [0, 0.05) is 0 Å². The molecule has 1 aromatic rings. The molecule has 1 N–H and O–H groups in total. The second kappa shape index (κ2) is 6.83. The molecule has 18 heavy (non-hydrogen) atoms. The first-order valence-corrected chi connectivity index (χ1v) is 6.42. The van der Waals surface area contributed by atoms with E-state index in [2.05, 4.69) is 54.3 Å². The summed E-state index contributed by atoms with van der Waals surface area (Å²) in [5.74, 6) is 6.23. The molecule has 1 nitrogen and oxygen atoms in total. The van der Waals surface area contributed by atoms with Crippen LogP contribution in [0.2, 0.25) is 0 Å². The van der Waals surface area contributed by atoms with E-state index in [1.807, 2.05) is 6.07 Å². The van der Waals surface area contributed by atoms with Crippen LogP contribution in [0.3, 0.4) is 0 Å². The van der Waals surface area contributed by atoms with Crippen molar-refractivity contribution in [3.05, 3.63) is 53.6 Å². The van der Waals surface area contributed by atoms with Crippen LogP contribution < -0.4 is 0 Å². The highest BCUT2D eigenvalue weighted by molar-refractivity contribution is 5.49. The average Bonchev–Trinajstić information content (AvgIpc) is 2.44. The van der Waals surface area contributed by atoms with Gasteiger partial charge in [-0.05, 0) is 36.3 Å². The Morgan fingerprint density at radius 2 is 2.11 bits per heavy atom. The maximum atomic E-state index is 8.70. The molecule has 0 bridgehead atoms. The van der Waals surface area contributed by atoms with Crippen LogP contribution in [0.4, 0.5) is 0 Å². The fraction of sp³-hybridized carbons (Fsp3) is 0.294. The van der Waals surface area contributed by atoms with Crippen molar-refractivity contribution in [1.29, 1.82) is 0 Å². The van der Waals surface area contributed by atoms with Gasteiger partial charge in [-0.25, -0.2) is 0 Å². The lowest BCUT2D eigenvalue weighted by Crippen LogP contribution is -2.01. The summed E-state index contributed by atoms with van der Waals surface area (Å²) in [7, 11) is 0. The van der Waals surface area contributed by atoms with Crippen LogP contribution in [0, 0.1) is 17.8 Å². The first-order chi connectivity index (χ1) is 8.88.